The second-order valence-electron chi connectivity index (χ2n) is 7.89. The van der Waals surface area contributed by atoms with E-state index in [0.29, 0.717) is 23.3 Å². The predicted molar refractivity (Wildman–Crippen MR) is 116 cm³/mol. The van der Waals surface area contributed by atoms with Crippen LogP contribution in [0.3, 0.4) is 0 Å². The first-order valence-corrected chi connectivity index (χ1v) is 10.4. The zero-order valence-electron chi connectivity index (χ0n) is 17.1. The second kappa shape index (κ2) is 7.96. The number of carbonyl (C=O) groups excluding carboxylic acids is 2. The number of aliphatic hydroxyl groups excluding tert-OH is 1. The molecule has 2 heterocycles. The maximum Gasteiger partial charge on any atom is 0.295 e. The number of fused-ring (bicyclic) bond motifs is 1. The minimum Gasteiger partial charge on any atom is -0.507 e. The summed E-state index contributed by atoms with van der Waals surface area (Å²) in [7, 11) is 0. The van der Waals surface area contributed by atoms with Crippen LogP contribution in [0.1, 0.15) is 28.3 Å². The van der Waals surface area contributed by atoms with Gasteiger partial charge in [-0.3, -0.25) is 9.59 Å². The normalized spacial score (nSPS) is 19.2. The number of carbonyl (C=O) groups is 2. The fourth-order valence-electron chi connectivity index (χ4n) is 4.30. The Kier molecular flexibility index (Phi) is 4.98. The number of amides is 1. The SMILES string of the molecule is O=C1C(=O)N(Cc2ccc(F)cc2)C(c2ccccc2)/C1=C(/O)c1ccc2c(c1)CCO2. The molecule has 1 N–H and O–H groups in total. The van der Waals surface area contributed by atoms with Crippen LogP contribution in [0.4, 0.5) is 4.39 Å². The molecule has 1 unspecified atom stereocenters. The standard InChI is InChI=1S/C26H20FNO4/c27-20-9-6-16(7-10-20)15-28-23(17-4-2-1-3-5-17)22(25(30)26(28)31)24(29)19-8-11-21-18(14-19)12-13-32-21/h1-11,14,23,29H,12-13,15H2/b24-22-. The van der Waals surface area contributed by atoms with E-state index in [0.717, 1.165) is 17.7 Å². The van der Waals surface area contributed by atoms with E-state index in [1.54, 1.807) is 30.3 Å². The molecule has 0 spiro atoms. The van der Waals surface area contributed by atoms with Gasteiger partial charge in [0.05, 0.1) is 18.2 Å². The highest BCUT2D eigenvalue weighted by Gasteiger charge is 2.46. The van der Waals surface area contributed by atoms with Crippen molar-refractivity contribution >= 4 is 17.4 Å². The molecule has 5 rings (SSSR count). The quantitative estimate of drug-likeness (QED) is 0.380. The molecule has 1 atom stereocenters. The molecule has 2 aliphatic rings. The van der Waals surface area contributed by atoms with E-state index in [9.17, 15) is 19.1 Å². The molecular weight excluding hydrogens is 409 g/mol. The third-order valence-corrected chi connectivity index (χ3v) is 5.88. The van der Waals surface area contributed by atoms with Crippen LogP contribution in [0.15, 0.2) is 78.4 Å². The summed E-state index contributed by atoms with van der Waals surface area (Å²) in [5.74, 6) is -1.27. The molecule has 1 amide bonds. The maximum absolute atomic E-state index is 13.3. The summed E-state index contributed by atoms with van der Waals surface area (Å²) in [6.07, 6.45) is 0.720. The van der Waals surface area contributed by atoms with Gasteiger partial charge in [-0.25, -0.2) is 4.39 Å². The maximum atomic E-state index is 13.3. The average Bonchev–Trinajstić information content (AvgIpc) is 3.38. The highest BCUT2D eigenvalue weighted by atomic mass is 19.1. The lowest BCUT2D eigenvalue weighted by atomic mass is 9.94. The lowest BCUT2D eigenvalue weighted by Gasteiger charge is -2.25. The zero-order valence-corrected chi connectivity index (χ0v) is 17.1. The second-order valence-corrected chi connectivity index (χ2v) is 7.89. The van der Waals surface area contributed by atoms with Crippen LogP contribution in [0.5, 0.6) is 5.75 Å². The Morgan fingerprint density at radius 3 is 2.53 bits per heavy atom. The van der Waals surface area contributed by atoms with Crippen LogP contribution in [-0.2, 0) is 22.6 Å². The van der Waals surface area contributed by atoms with Gasteiger partial charge in [-0.2, -0.15) is 0 Å². The Balaban J connectivity index is 1.62. The summed E-state index contributed by atoms with van der Waals surface area (Å²) in [6, 6.07) is 19.4. The number of halogens is 1. The van der Waals surface area contributed by atoms with Gasteiger partial charge in [0.1, 0.15) is 17.3 Å². The van der Waals surface area contributed by atoms with Crippen LogP contribution in [0.25, 0.3) is 5.76 Å². The number of rotatable bonds is 4. The van der Waals surface area contributed by atoms with Gasteiger partial charge in [-0.1, -0.05) is 42.5 Å². The number of ketones is 1. The molecule has 0 aromatic heterocycles. The lowest BCUT2D eigenvalue weighted by molar-refractivity contribution is -0.140. The Labute approximate surface area is 184 Å². The van der Waals surface area contributed by atoms with Crippen molar-refractivity contribution in [3.8, 4) is 5.75 Å². The van der Waals surface area contributed by atoms with E-state index < -0.39 is 17.7 Å². The largest absolute Gasteiger partial charge is 0.507 e. The van der Waals surface area contributed by atoms with Gasteiger partial charge in [0, 0.05) is 18.5 Å². The van der Waals surface area contributed by atoms with Crippen LogP contribution in [0.2, 0.25) is 0 Å². The van der Waals surface area contributed by atoms with Crippen molar-refractivity contribution in [3.63, 3.8) is 0 Å². The third kappa shape index (κ3) is 3.43. The molecule has 1 saturated heterocycles. The molecule has 5 nitrogen and oxygen atoms in total. The summed E-state index contributed by atoms with van der Waals surface area (Å²) in [5, 5.41) is 11.2. The molecule has 0 radical (unpaired) electrons. The van der Waals surface area contributed by atoms with E-state index in [2.05, 4.69) is 0 Å². The summed E-state index contributed by atoms with van der Waals surface area (Å²) in [5.41, 5.74) is 2.85. The highest BCUT2D eigenvalue weighted by molar-refractivity contribution is 6.46. The molecule has 32 heavy (non-hydrogen) atoms. The molecule has 3 aromatic carbocycles. The minimum atomic E-state index is -0.759. The Hall–Kier alpha value is -3.93. The smallest absolute Gasteiger partial charge is 0.295 e. The van der Waals surface area contributed by atoms with E-state index >= 15 is 0 Å². The number of hydrogen-bond donors (Lipinski definition) is 1. The molecule has 1 fully saturated rings. The third-order valence-electron chi connectivity index (χ3n) is 5.88. The van der Waals surface area contributed by atoms with Crippen molar-refractivity contribution in [2.24, 2.45) is 0 Å². The molecule has 0 bridgehead atoms. The summed E-state index contributed by atoms with van der Waals surface area (Å²) in [4.78, 5) is 27.6. The van der Waals surface area contributed by atoms with Crippen molar-refractivity contribution in [1.29, 1.82) is 0 Å². The van der Waals surface area contributed by atoms with Crippen molar-refractivity contribution in [2.45, 2.75) is 19.0 Å². The molecule has 3 aromatic rings. The number of benzene rings is 3. The first kappa shape index (κ1) is 20.0. The molecule has 2 aliphatic heterocycles. The molecular formula is C26H20FNO4. The van der Waals surface area contributed by atoms with Gasteiger partial charge < -0.3 is 14.7 Å². The monoisotopic (exact) mass is 429 g/mol. The lowest BCUT2D eigenvalue weighted by Crippen LogP contribution is -2.29. The number of Topliss-reactive ketones (excluding diaryl/α,β-unsaturated/α-hetero) is 1. The minimum absolute atomic E-state index is 0.0437. The van der Waals surface area contributed by atoms with Gasteiger partial charge in [-0.05, 0) is 47.0 Å². The van der Waals surface area contributed by atoms with Crippen molar-refractivity contribution in [1.82, 2.24) is 4.90 Å². The fraction of sp³-hybridized carbons (Fsp3) is 0.154. The number of aliphatic hydroxyl groups is 1. The Morgan fingerprint density at radius 2 is 1.78 bits per heavy atom. The van der Waals surface area contributed by atoms with Crippen molar-refractivity contribution in [3.05, 3.63) is 106 Å². The number of nitrogens with zero attached hydrogens (tertiary/aromatic N) is 1. The first-order chi connectivity index (χ1) is 15.5. The fourth-order valence-corrected chi connectivity index (χ4v) is 4.30. The van der Waals surface area contributed by atoms with Gasteiger partial charge in [0.25, 0.3) is 11.7 Å². The van der Waals surface area contributed by atoms with Crippen molar-refractivity contribution in [2.75, 3.05) is 6.61 Å². The number of ether oxygens (including phenoxy) is 1. The van der Waals surface area contributed by atoms with E-state index in [-0.39, 0.29) is 23.7 Å². The van der Waals surface area contributed by atoms with Gasteiger partial charge in [0.2, 0.25) is 0 Å². The topological polar surface area (TPSA) is 66.8 Å². The summed E-state index contributed by atoms with van der Waals surface area (Å²) < 4.78 is 18.9. The van der Waals surface area contributed by atoms with E-state index in [1.165, 1.54) is 17.0 Å². The highest BCUT2D eigenvalue weighted by Crippen LogP contribution is 2.41. The molecule has 0 saturated carbocycles. The molecule has 6 heteroatoms. The zero-order chi connectivity index (χ0) is 22.2. The first-order valence-electron chi connectivity index (χ1n) is 10.4. The van der Waals surface area contributed by atoms with Crippen LogP contribution >= 0.6 is 0 Å². The summed E-state index contributed by atoms with van der Waals surface area (Å²) in [6.45, 7) is 0.685. The van der Waals surface area contributed by atoms with Crippen LogP contribution in [-0.4, -0.2) is 28.3 Å². The van der Waals surface area contributed by atoms with E-state index in [1.807, 2.05) is 30.3 Å². The van der Waals surface area contributed by atoms with Gasteiger partial charge in [0.15, 0.2) is 0 Å². The van der Waals surface area contributed by atoms with Crippen molar-refractivity contribution < 1.29 is 23.8 Å². The number of likely N-dealkylation sites (tertiary alicyclic amines) is 1. The molecule has 0 aliphatic carbocycles. The Bertz CT molecular complexity index is 1230. The van der Waals surface area contributed by atoms with Gasteiger partial charge in [-0.15, -0.1) is 0 Å². The average molecular weight is 429 g/mol. The molecule has 160 valence electrons. The predicted octanol–water partition coefficient (Wildman–Crippen LogP) is 4.38. The summed E-state index contributed by atoms with van der Waals surface area (Å²) >= 11 is 0. The van der Waals surface area contributed by atoms with Crippen LogP contribution in [0, 0.1) is 5.82 Å². The van der Waals surface area contributed by atoms with Crippen LogP contribution < -0.4 is 4.74 Å². The van der Waals surface area contributed by atoms with E-state index in [4.69, 9.17) is 4.74 Å². The Morgan fingerprint density at radius 1 is 1.03 bits per heavy atom. The number of hydrogen-bond acceptors (Lipinski definition) is 4. The van der Waals surface area contributed by atoms with Gasteiger partial charge >= 0.3 is 0 Å².